The van der Waals surface area contributed by atoms with Gasteiger partial charge in [0, 0.05) is 39.9 Å². The fourth-order valence-corrected chi connectivity index (χ4v) is 3.45. The Bertz CT molecular complexity index is 1060. The molecule has 7 nitrogen and oxygen atoms in total. The maximum absolute atomic E-state index is 12.6. The number of benzene rings is 2. The molecule has 0 aliphatic rings. The van der Waals surface area contributed by atoms with Crippen LogP contribution in [0.15, 0.2) is 78.0 Å². The normalized spacial score (nSPS) is 10.2. The summed E-state index contributed by atoms with van der Waals surface area (Å²) in [6.07, 6.45) is 3.57. The summed E-state index contributed by atoms with van der Waals surface area (Å²) in [7, 11) is 1.25. The molecule has 3 aromatic rings. The minimum absolute atomic E-state index is 0.225. The van der Waals surface area contributed by atoms with E-state index in [0.717, 1.165) is 16.2 Å². The summed E-state index contributed by atoms with van der Waals surface area (Å²) < 4.78 is 4.49. The molecule has 0 fully saturated rings. The Morgan fingerprint density at radius 1 is 0.968 bits per heavy atom. The van der Waals surface area contributed by atoms with E-state index in [1.807, 2.05) is 30.5 Å². The number of rotatable bonds is 8. The fraction of sp³-hybridized carbons (Fsp3) is 0.130. The Morgan fingerprint density at radius 3 is 2.48 bits per heavy atom. The van der Waals surface area contributed by atoms with Crippen molar-refractivity contribution in [3.63, 3.8) is 0 Å². The molecule has 0 saturated carbocycles. The minimum Gasteiger partial charge on any atom is -0.468 e. The number of methoxy groups -OCH3 is 1. The van der Waals surface area contributed by atoms with Crippen molar-refractivity contribution in [3.8, 4) is 0 Å². The van der Waals surface area contributed by atoms with Crippen LogP contribution in [0.3, 0.4) is 0 Å². The van der Waals surface area contributed by atoms with Gasteiger partial charge in [0.2, 0.25) is 0 Å². The maximum atomic E-state index is 12.6. The lowest BCUT2D eigenvalue weighted by Gasteiger charge is -2.09. The zero-order valence-electron chi connectivity index (χ0n) is 16.8. The van der Waals surface area contributed by atoms with Gasteiger partial charge < -0.3 is 15.4 Å². The van der Waals surface area contributed by atoms with E-state index in [4.69, 9.17) is 0 Å². The first-order chi connectivity index (χ1) is 15.0. The second-order valence-corrected chi connectivity index (χ2v) is 7.52. The van der Waals surface area contributed by atoms with Crippen molar-refractivity contribution in [1.82, 2.24) is 10.3 Å². The van der Waals surface area contributed by atoms with E-state index in [1.165, 1.54) is 7.11 Å². The average Bonchev–Trinajstić information content (AvgIpc) is 2.82. The van der Waals surface area contributed by atoms with Gasteiger partial charge in [-0.25, -0.2) is 0 Å². The summed E-state index contributed by atoms with van der Waals surface area (Å²) in [5, 5.41) is 5.24. The van der Waals surface area contributed by atoms with Gasteiger partial charge in [0.25, 0.3) is 11.8 Å². The van der Waals surface area contributed by atoms with Crippen LogP contribution < -0.4 is 10.6 Å². The SMILES string of the molecule is COC(=O)CNC(=O)c1cccc(NC(=O)c2ccc(SCc3cccnc3)cc2)c1. The number of carbonyl (C=O) groups excluding carboxylic acids is 3. The number of anilines is 1. The predicted octanol–water partition coefficient (Wildman–Crippen LogP) is 3.53. The van der Waals surface area contributed by atoms with Gasteiger partial charge in [-0.15, -0.1) is 11.8 Å². The van der Waals surface area contributed by atoms with Crippen molar-refractivity contribution in [3.05, 3.63) is 89.7 Å². The molecule has 0 aliphatic heterocycles. The third-order valence-electron chi connectivity index (χ3n) is 4.25. The molecule has 0 radical (unpaired) electrons. The predicted molar refractivity (Wildman–Crippen MR) is 119 cm³/mol. The summed E-state index contributed by atoms with van der Waals surface area (Å²) in [5.41, 5.74) is 2.44. The summed E-state index contributed by atoms with van der Waals surface area (Å²) >= 11 is 1.66. The highest BCUT2D eigenvalue weighted by atomic mass is 32.2. The van der Waals surface area contributed by atoms with Crippen LogP contribution in [0.1, 0.15) is 26.3 Å². The second kappa shape index (κ2) is 10.9. The molecule has 8 heteroatoms. The van der Waals surface area contributed by atoms with Crippen molar-refractivity contribution >= 4 is 35.2 Å². The van der Waals surface area contributed by atoms with Gasteiger partial charge in [-0.05, 0) is 54.1 Å². The van der Waals surface area contributed by atoms with Gasteiger partial charge in [-0.2, -0.15) is 0 Å². The lowest BCUT2D eigenvalue weighted by molar-refractivity contribution is -0.139. The Kier molecular flexibility index (Phi) is 7.78. The number of pyridine rings is 1. The van der Waals surface area contributed by atoms with Gasteiger partial charge in [0.05, 0.1) is 7.11 Å². The zero-order valence-corrected chi connectivity index (χ0v) is 17.6. The highest BCUT2D eigenvalue weighted by Gasteiger charge is 2.11. The fourth-order valence-electron chi connectivity index (χ4n) is 2.62. The van der Waals surface area contributed by atoms with Crippen molar-refractivity contribution in [2.75, 3.05) is 19.0 Å². The summed E-state index contributed by atoms with van der Waals surface area (Å²) in [4.78, 5) is 41.0. The number of thioether (sulfide) groups is 1. The largest absolute Gasteiger partial charge is 0.468 e. The third-order valence-corrected chi connectivity index (χ3v) is 5.33. The average molecular weight is 436 g/mol. The molecule has 0 bridgehead atoms. The molecule has 0 spiro atoms. The number of hydrogen-bond donors (Lipinski definition) is 2. The molecule has 0 atom stereocenters. The number of hydrogen-bond acceptors (Lipinski definition) is 6. The lowest BCUT2D eigenvalue weighted by Crippen LogP contribution is -2.30. The van der Waals surface area contributed by atoms with E-state index < -0.39 is 11.9 Å². The first-order valence-corrected chi connectivity index (χ1v) is 10.4. The van der Waals surface area contributed by atoms with E-state index in [9.17, 15) is 14.4 Å². The monoisotopic (exact) mass is 435 g/mol. The van der Waals surface area contributed by atoms with Gasteiger partial charge in [0.1, 0.15) is 6.54 Å². The van der Waals surface area contributed by atoms with Crippen LogP contribution in [0.4, 0.5) is 5.69 Å². The van der Waals surface area contributed by atoms with Crippen LogP contribution in [0.5, 0.6) is 0 Å². The summed E-state index contributed by atoms with van der Waals surface area (Å²) in [6.45, 7) is -0.225. The first-order valence-electron chi connectivity index (χ1n) is 9.43. The third kappa shape index (κ3) is 6.68. The molecule has 0 aliphatic carbocycles. The van der Waals surface area contributed by atoms with E-state index in [0.29, 0.717) is 16.8 Å². The highest BCUT2D eigenvalue weighted by molar-refractivity contribution is 7.98. The molecule has 0 unspecified atom stereocenters. The van der Waals surface area contributed by atoms with E-state index in [1.54, 1.807) is 54.4 Å². The Hall–Kier alpha value is -3.65. The number of nitrogens with zero attached hydrogens (tertiary/aromatic N) is 1. The van der Waals surface area contributed by atoms with Crippen LogP contribution in [-0.4, -0.2) is 36.4 Å². The topological polar surface area (TPSA) is 97.4 Å². The number of aromatic nitrogens is 1. The van der Waals surface area contributed by atoms with Crippen LogP contribution in [0, 0.1) is 0 Å². The van der Waals surface area contributed by atoms with E-state index in [-0.39, 0.29) is 12.5 Å². The Morgan fingerprint density at radius 2 is 1.77 bits per heavy atom. The van der Waals surface area contributed by atoms with Gasteiger partial charge in [0.15, 0.2) is 0 Å². The quantitative estimate of drug-likeness (QED) is 0.415. The molecule has 3 rings (SSSR count). The maximum Gasteiger partial charge on any atom is 0.325 e. The smallest absolute Gasteiger partial charge is 0.325 e. The van der Waals surface area contributed by atoms with Gasteiger partial charge in [-0.3, -0.25) is 19.4 Å². The van der Waals surface area contributed by atoms with Crippen LogP contribution in [-0.2, 0) is 15.3 Å². The van der Waals surface area contributed by atoms with Crippen molar-refractivity contribution in [1.29, 1.82) is 0 Å². The number of carbonyl (C=O) groups is 3. The molecule has 0 saturated heterocycles. The summed E-state index contributed by atoms with van der Waals surface area (Å²) in [6, 6.07) is 17.7. The molecule has 1 aromatic heterocycles. The van der Waals surface area contributed by atoms with Gasteiger partial charge in [-0.1, -0.05) is 12.1 Å². The van der Waals surface area contributed by atoms with E-state index >= 15 is 0 Å². The molecule has 31 heavy (non-hydrogen) atoms. The van der Waals surface area contributed by atoms with Crippen LogP contribution >= 0.6 is 11.8 Å². The molecule has 2 N–H and O–H groups in total. The lowest BCUT2D eigenvalue weighted by atomic mass is 10.1. The molecule has 2 amide bonds. The Balaban J connectivity index is 1.57. The van der Waals surface area contributed by atoms with Gasteiger partial charge >= 0.3 is 5.97 Å². The minimum atomic E-state index is -0.542. The van der Waals surface area contributed by atoms with Crippen molar-refractivity contribution in [2.45, 2.75) is 10.6 Å². The molecular weight excluding hydrogens is 414 g/mol. The number of esters is 1. The van der Waals surface area contributed by atoms with Crippen molar-refractivity contribution in [2.24, 2.45) is 0 Å². The van der Waals surface area contributed by atoms with Crippen molar-refractivity contribution < 1.29 is 19.1 Å². The Labute approximate surface area is 184 Å². The molecule has 1 heterocycles. The molecule has 2 aromatic carbocycles. The number of amides is 2. The molecular formula is C23H21N3O4S. The van der Waals surface area contributed by atoms with E-state index in [2.05, 4.69) is 20.4 Å². The first kappa shape index (κ1) is 22.0. The van der Waals surface area contributed by atoms with Crippen LogP contribution in [0.25, 0.3) is 0 Å². The second-order valence-electron chi connectivity index (χ2n) is 6.47. The standard InChI is InChI=1S/C23H21N3O4S/c1-30-21(27)14-25-22(28)18-5-2-6-19(12-18)26-23(29)17-7-9-20(10-8-17)31-15-16-4-3-11-24-13-16/h2-13H,14-15H2,1H3,(H,25,28)(H,26,29). The molecule has 158 valence electrons. The summed E-state index contributed by atoms with van der Waals surface area (Å²) in [5.74, 6) is -0.461. The zero-order chi connectivity index (χ0) is 22.1. The number of ether oxygens (including phenoxy) is 1. The number of nitrogens with one attached hydrogen (secondary N) is 2. The highest BCUT2D eigenvalue weighted by Crippen LogP contribution is 2.23. The van der Waals surface area contributed by atoms with Crippen LogP contribution in [0.2, 0.25) is 0 Å².